The molecule has 0 bridgehead atoms. The normalized spacial score (nSPS) is 17.6. The summed E-state index contributed by atoms with van der Waals surface area (Å²) >= 11 is 0. The zero-order valence-corrected chi connectivity index (χ0v) is 28.6. The minimum atomic E-state index is -1.14. The molecule has 11 heteroatoms. The van der Waals surface area contributed by atoms with Crippen LogP contribution < -0.4 is 10.1 Å². The molecular weight excluding hydrogens is 608 g/mol. The molecule has 1 unspecified atom stereocenters. The third kappa shape index (κ3) is 8.29. The number of ether oxygens (including phenoxy) is 2. The molecule has 2 aromatic carbocycles. The van der Waals surface area contributed by atoms with Crippen molar-refractivity contribution in [2.45, 2.75) is 84.4 Å². The number of amides is 3. The maximum atomic E-state index is 13.6. The highest BCUT2D eigenvalue weighted by molar-refractivity contribution is 5.95. The Kier molecular flexibility index (Phi) is 10.0. The van der Waals surface area contributed by atoms with Crippen LogP contribution in [-0.4, -0.2) is 68.7 Å². The molecule has 252 valence electrons. The molecule has 0 spiro atoms. The summed E-state index contributed by atoms with van der Waals surface area (Å²) in [6.45, 7) is 13.2. The molecule has 0 radical (unpaired) electrons. The highest BCUT2D eigenvalue weighted by atomic mass is 16.6. The highest BCUT2D eigenvalue weighted by Gasteiger charge is 2.39. The van der Waals surface area contributed by atoms with Crippen molar-refractivity contribution >= 4 is 17.9 Å². The summed E-state index contributed by atoms with van der Waals surface area (Å²) in [4.78, 5) is 42.2. The summed E-state index contributed by atoms with van der Waals surface area (Å²) in [5.74, 6) is 1.20. The van der Waals surface area contributed by atoms with Crippen LogP contribution in [0.5, 0.6) is 11.5 Å². The van der Waals surface area contributed by atoms with Crippen LogP contribution in [0.3, 0.4) is 0 Å². The second-order valence-corrected chi connectivity index (χ2v) is 14.1. The number of nitriles is 1. The van der Waals surface area contributed by atoms with Gasteiger partial charge in [0.2, 0.25) is 5.91 Å². The van der Waals surface area contributed by atoms with Gasteiger partial charge in [-0.05, 0) is 81.1 Å². The molecular formula is C37H44N6O5. The van der Waals surface area contributed by atoms with E-state index in [9.17, 15) is 19.6 Å². The van der Waals surface area contributed by atoms with Gasteiger partial charge < -0.3 is 24.6 Å². The predicted octanol–water partition coefficient (Wildman–Crippen LogP) is 6.45. The van der Waals surface area contributed by atoms with Gasteiger partial charge in [0.15, 0.2) is 0 Å². The molecule has 11 nitrogen and oxygen atoms in total. The van der Waals surface area contributed by atoms with Crippen LogP contribution in [0.2, 0.25) is 0 Å². The summed E-state index contributed by atoms with van der Waals surface area (Å²) in [6.07, 6.45) is 0.596. The Bertz CT molecular complexity index is 1680. The first-order valence-electron chi connectivity index (χ1n) is 16.5. The minimum absolute atomic E-state index is 0.0814. The predicted molar refractivity (Wildman–Crippen MR) is 180 cm³/mol. The molecule has 0 aliphatic carbocycles. The number of aromatic nitrogens is 2. The molecule has 1 aromatic heterocycles. The summed E-state index contributed by atoms with van der Waals surface area (Å²) in [5, 5.41) is 21.7. The molecule has 1 atom stereocenters. The number of carbonyl (C=O) groups excluding carboxylic acids is 3. The van der Waals surface area contributed by atoms with Crippen molar-refractivity contribution in [1.82, 2.24) is 25.3 Å². The number of hydrogen-bond acceptors (Lipinski definition) is 8. The lowest BCUT2D eigenvalue weighted by atomic mass is 9.88. The monoisotopic (exact) mass is 652 g/mol. The van der Waals surface area contributed by atoms with E-state index in [0.29, 0.717) is 36.6 Å². The summed E-state index contributed by atoms with van der Waals surface area (Å²) in [5.41, 5.74) is 1.86. The number of nitrogens with zero attached hydrogens (tertiary/aromatic N) is 5. The van der Waals surface area contributed by atoms with Crippen LogP contribution in [0.1, 0.15) is 88.3 Å². The molecule has 2 aliphatic rings. The van der Waals surface area contributed by atoms with Gasteiger partial charge in [0.1, 0.15) is 22.6 Å². The zero-order valence-electron chi connectivity index (χ0n) is 28.6. The molecule has 0 saturated carbocycles. The quantitative estimate of drug-likeness (QED) is 0.293. The SMILES string of the molecule is CC1CC(=O)N(Cc2ccc(C(=O)NC3(C#N)CCN(C(=O)OC(C)(C)C)CC3)cc2Oc2ccc(-c3ccc(C(C)C)nn3)cc2)C1. The third-order valence-electron chi connectivity index (χ3n) is 8.59. The van der Waals surface area contributed by atoms with Crippen LogP contribution in [-0.2, 0) is 16.1 Å². The van der Waals surface area contributed by atoms with Crippen molar-refractivity contribution in [3.8, 4) is 28.8 Å². The van der Waals surface area contributed by atoms with Gasteiger partial charge in [-0.15, -0.1) is 0 Å². The summed E-state index contributed by atoms with van der Waals surface area (Å²) in [6, 6.07) is 18.8. The Balaban J connectivity index is 1.34. The first-order valence-corrected chi connectivity index (χ1v) is 16.5. The van der Waals surface area contributed by atoms with E-state index >= 15 is 0 Å². The van der Waals surface area contributed by atoms with Gasteiger partial charge in [0.05, 0.1) is 17.5 Å². The lowest BCUT2D eigenvalue weighted by Gasteiger charge is -2.38. The Hall–Kier alpha value is -4.98. The second kappa shape index (κ2) is 14.0. The topological polar surface area (TPSA) is 138 Å². The van der Waals surface area contributed by atoms with Gasteiger partial charge in [0, 0.05) is 62.1 Å². The molecule has 1 N–H and O–H groups in total. The first-order chi connectivity index (χ1) is 22.7. The fraction of sp³-hybridized carbons (Fsp3) is 0.459. The van der Waals surface area contributed by atoms with Crippen molar-refractivity contribution in [2.24, 2.45) is 5.92 Å². The Morgan fingerprint density at radius 1 is 1.06 bits per heavy atom. The van der Waals surface area contributed by atoms with E-state index < -0.39 is 23.1 Å². The lowest BCUT2D eigenvalue weighted by Crippen LogP contribution is -2.55. The van der Waals surface area contributed by atoms with E-state index in [1.54, 1.807) is 48.8 Å². The Labute approximate surface area is 282 Å². The van der Waals surface area contributed by atoms with Crippen molar-refractivity contribution in [3.05, 3.63) is 71.4 Å². The Morgan fingerprint density at radius 2 is 1.77 bits per heavy atom. The van der Waals surface area contributed by atoms with Crippen LogP contribution in [0.4, 0.5) is 4.79 Å². The summed E-state index contributed by atoms with van der Waals surface area (Å²) < 4.78 is 11.8. The highest BCUT2D eigenvalue weighted by Crippen LogP contribution is 2.32. The largest absolute Gasteiger partial charge is 0.457 e. The number of piperidine rings is 1. The summed E-state index contributed by atoms with van der Waals surface area (Å²) in [7, 11) is 0. The van der Waals surface area contributed by atoms with Crippen LogP contribution in [0, 0.1) is 17.2 Å². The smallest absolute Gasteiger partial charge is 0.410 e. The molecule has 2 aliphatic heterocycles. The van der Waals surface area contributed by atoms with E-state index in [1.807, 2.05) is 43.3 Å². The average Bonchev–Trinajstić information content (AvgIpc) is 3.37. The third-order valence-corrected chi connectivity index (χ3v) is 8.59. The van der Waals surface area contributed by atoms with Crippen LogP contribution >= 0.6 is 0 Å². The molecule has 3 amide bonds. The molecule has 2 saturated heterocycles. The second-order valence-electron chi connectivity index (χ2n) is 14.1. The fourth-order valence-electron chi connectivity index (χ4n) is 5.83. The van der Waals surface area contributed by atoms with Crippen molar-refractivity contribution in [3.63, 3.8) is 0 Å². The molecule has 3 heterocycles. The van der Waals surface area contributed by atoms with Crippen molar-refractivity contribution in [2.75, 3.05) is 19.6 Å². The van der Waals surface area contributed by atoms with E-state index in [4.69, 9.17) is 9.47 Å². The molecule has 3 aromatic rings. The van der Waals surface area contributed by atoms with E-state index in [-0.39, 0.29) is 43.7 Å². The van der Waals surface area contributed by atoms with Crippen LogP contribution in [0.15, 0.2) is 54.6 Å². The average molecular weight is 653 g/mol. The van der Waals surface area contributed by atoms with E-state index in [0.717, 1.165) is 22.5 Å². The first kappa shape index (κ1) is 34.4. The van der Waals surface area contributed by atoms with Gasteiger partial charge in [0.25, 0.3) is 5.91 Å². The maximum Gasteiger partial charge on any atom is 0.410 e. The van der Waals surface area contributed by atoms with E-state index in [1.165, 1.54) is 0 Å². The van der Waals surface area contributed by atoms with Gasteiger partial charge in [-0.25, -0.2) is 4.79 Å². The van der Waals surface area contributed by atoms with E-state index in [2.05, 4.69) is 35.4 Å². The number of nitrogens with one attached hydrogen (secondary N) is 1. The number of hydrogen-bond donors (Lipinski definition) is 1. The van der Waals surface area contributed by atoms with Gasteiger partial charge in [-0.3, -0.25) is 9.59 Å². The number of benzene rings is 2. The fourth-order valence-corrected chi connectivity index (χ4v) is 5.83. The maximum absolute atomic E-state index is 13.6. The molecule has 48 heavy (non-hydrogen) atoms. The Morgan fingerprint density at radius 3 is 2.33 bits per heavy atom. The molecule has 2 fully saturated rings. The molecule has 5 rings (SSSR count). The van der Waals surface area contributed by atoms with Gasteiger partial charge >= 0.3 is 6.09 Å². The van der Waals surface area contributed by atoms with Gasteiger partial charge in [-0.1, -0.05) is 26.8 Å². The minimum Gasteiger partial charge on any atom is -0.457 e. The van der Waals surface area contributed by atoms with Crippen molar-refractivity contribution in [1.29, 1.82) is 5.26 Å². The lowest BCUT2D eigenvalue weighted by molar-refractivity contribution is -0.128. The standard InChI is InChI=1S/C37H44N6O5/c1-24(2)30-13-14-31(41-40-30)26-9-11-29(12-10-26)47-32-20-27(7-8-28(32)22-43-21-25(3)19-33(43)44)34(45)39-37(23-38)15-17-42(18-16-37)35(46)48-36(4,5)6/h7-14,20,24-25H,15-19,21-22H2,1-6H3,(H,39,45). The number of likely N-dealkylation sites (tertiary alicyclic amines) is 2. The van der Waals surface area contributed by atoms with Crippen molar-refractivity contribution < 1.29 is 23.9 Å². The number of carbonyl (C=O) groups is 3. The zero-order chi connectivity index (χ0) is 34.6. The number of rotatable bonds is 8. The van der Waals surface area contributed by atoms with Crippen LogP contribution in [0.25, 0.3) is 11.3 Å². The van der Waals surface area contributed by atoms with Gasteiger partial charge in [-0.2, -0.15) is 15.5 Å².